The first-order valence-electron chi connectivity index (χ1n) is 8.39. The van der Waals surface area contributed by atoms with Crippen molar-refractivity contribution in [2.24, 2.45) is 17.6 Å². The van der Waals surface area contributed by atoms with Gasteiger partial charge in [0.2, 0.25) is 0 Å². The molecule has 0 bridgehead atoms. The Labute approximate surface area is 122 Å². The average molecular weight is 270 g/mol. The number of hydrogen-bond acceptors (Lipinski definition) is 2. The molecule has 0 aromatic heterocycles. The van der Waals surface area contributed by atoms with Gasteiger partial charge in [0.1, 0.15) is 0 Å². The summed E-state index contributed by atoms with van der Waals surface area (Å²) in [6.07, 6.45) is 7.10. The van der Waals surface area contributed by atoms with Gasteiger partial charge < -0.3 is 5.73 Å². The van der Waals surface area contributed by atoms with Gasteiger partial charge >= 0.3 is 0 Å². The van der Waals surface area contributed by atoms with E-state index in [0.717, 1.165) is 24.3 Å². The normalized spacial score (nSPS) is 31.4. The second-order valence-electron chi connectivity index (χ2n) is 7.06. The van der Waals surface area contributed by atoms with Crippen LogP contribution in [0.1, 0.15) is 55.2 Å². The number of hydrogen-bond donors (Lipinski definition) is 1. The first kappa shape index (κ1) is 12.8. The predicted molar refractivity (Wildman–Crippen MR) is 82.6 cm³/mol. The summed E-state index contributed by atoms with van der Waals surface area (Å²) >= 11 is 0. The summed E-state index contributed by atoms with van der Waals surface area (Å²) in [7, 11) is 0. The van der Waals surface area contributed by atoms with E-state index in [9.17, 15) is 0 Å². The van der Waals surface area contributed by atoms with Gasteiger partial charge in [-0.3, -0.25) is 4.90 Å². The Morgan fingerprint density at radius 1 is 1.05 bits per heavy atom. The molecule has 2 heteroatoms. The zero-order valence-electron chi connectivity index (χ0n) is 12.3. The van der Waals surface area contributed by atoms with Crippen molar-refractivity contribution < 1.29 is 0 Å². The molecule has 1 aromatic carbocycles. The van der Waals surface area contributed by atoms with E-state index in [1.165, 1.54) is 50.8 Å². The zero-order chi connectivity index (χ0) is 13.5. The molecule has 108 valence electrons. The number of rotatable bonds is 4. The van der Waals surface area contributed by atoms with Crippen molar-refractivity contribution in [3.05, 3.63) is 35.4 Å². The van der Waals surface area contributed by atoms with E-state index in [4.69, 9.17) is 5.73 Å². The second-order valence-corrected chi connectivity index (χ2v) is 7.06. The number of nitrogens with two attached hydrogens (primary N) is 1. The molecule has 0 amide bonds. The highest BCUT2D eigenvalue weighted by molar-refractivity contribution is 5.36. The summed E-state index contributed by atoms with van der Waals surface area (Å²) < 4.78 is 0. The molecule has 1 heterocycles. The lowest BCUT2D eigenvalue weighted by atomic mass is 9.96. The Bertz CT molecular complexity index is 468. The highest BCUT2D eigenvalue weighted by Gasteiger charge is 2.39. The van der Waals surface area contributed by atoms with Gasteiger partial charge in [0.15, 0.2) is 0 Å². The van der Waals surface area contributed by atoms with E-state index in [1.807, 2.05) is 0 Å². The molecule has 0 radical (unpaired) electrons. The molecule has 1 saturated heterocycles. The molecule has 2 aliphatic carbocycles. The van der Waals surface area contributed by atoms with Crippen molar-refractivity contribution in [1.82, 2.24) is 4.90 Å². The van der Waals surface area contributed by atoms with Crippen LogP contribution in [-0.4, -0.2) is 24.5 Å². The van der Waals surface area contributed by atoms with Crippen molar-refractivity contribution in [2.75, 3.05) is 19.6 Å². The van der Waals surface area contributed by atoms with Gasteiger partial charge in [0.05, 0.1) is 0 Å². The summed E-state index contributed by atoms with van der Waals surface area (Å²) in [4.78, 5) is 2.69. The highest BCUT2D eigenvalue weighted by atomic mass is 15.2. The van der Waals surface area contributed by atoms with Crippen LogP contribution in [0, 0.1) is 11.8 Å². The van der Waals surface area contributed by atoms with Gasteiger partial charge in [-0.2, -0.15) is 0 Å². The lowest BCUT2D eigenvalue weighted by molar-refractivity contribution is 0.231. The maximum absolute atomic E-state index is 6.18. The molecule has 1 aromatic rings. The molecule has 4 rings (SSSR count). The molecule has 3 aliphatic rings. The topological polar surface area (TPSA) is 29.3 Å². The summed E-state index contributed by atoms with van der Waals surface area (Å²) in [5, 5.41) is 0. The summed E-state index contributed by atoms with van der Waals surface area (Å²) in [6.45, 7) is 3.33. The van der Waals surface area contributed by atoms with Crippen LogP contribution >= 0.6 is 0 Å². The first-order chi connectivity index (χ1) is 9.86. The molecule has 1 aliphatic heterocycles. The Morgan fingerprint density at radius 3 is 2.40 bits per heavy atom. The fourth-order valence-electron chi connectivity index (χ4n) is 4.58. The minimum atomic E-state index is 0.456. The molecular formula is C18H26N2. The van der Waals surface area contributed by atoms with Crippen molar-refractivity contribution in [1.29, 1.82) is 0 Å². The molecule has 0 spiro atoms. The number of fused-ring (bicyclic) bond motifs is 1. The fraction of sp³-hybridized carbons (Fsp3) is 0.667. The van der Waals surface area contributed by atoms with E-state index in [0.29, 0.717) is 6.04 Å². The van der Waals surface area contributed by atoms with E-state index < -0.39 is 0 Å². The molecule has 3 atom stereocenters. The predicted octanol–water partition coefficient (Wildman–Crippen LogP) is 3.30. The van der Waals surface area contributed by atoms with E-state index in [2.05, 4.69) is 29.2 Å². The number of benzene rings is 1. The van der Waals surface area contributed by atoms with Crippen LogP contribution in [0.5, 0.6) is 0 Å². The molecule has 2 nitrogen and oxygen atoms in total. The van der Waals surface area contributed by atoms with Crippen molar-refractivity contribution in [3.63, 3.8) is 0 Å². The molecule has 3 unspecified atom stereocenters. The summed E-state index contributed by atoms with van der Waals surface area (Å²) in [6, 6.07) is 9.52. The first-order valence-corrected chi connectivity index (χ1v) is 8.39. The van der Waals surface area contributed by atoms with Crippen LogP contribution in [0.2, 0.25) is 0 Å². The van der Waals surface area contributed by atoms with Crippen LogP contribution < -0.4 is 5.73 Å². The van der Waals surface area contributed by atoms with Gasteiger partial charge in [-0.05, 0) is 54.6 Å². The average Bonchev–Trinajstić information content (AvgIpc) is 3.10. The Balaban J connectivity index is 1.59. The van der Waals surface area contributed by atoms with Crippen LogP contribution in [-0.2, 0) is 0 Å². The quantitative estimate of drug-likeness (QED) is 0.909. The lowest BCUT2D eigenvalue weighted by Gasteiger charge is -2.29. The lowest BCUT2D eigenvalue weighted by Crippen LogP contribution is -2.33. The van der Waals surface area contributed by atoms with Gasteiger partial charge in [-0.25, -0.2) is 0 Å². The highest BCUT2D eigenvalue weighted by Crippen LogP contribution is 2.45. The maximum atomic E-state index is 6.18. The van der Waals surface area contributed by atoms with Gasteiger partial charge in [0.25, 0.3) is 0 Å². The van der Waals surface area contributed by atoms with Crippen LogP contribution in [0.4, 0.5) is 0 Å². The van der Waals surface area contributed by atoms with Crippen molar-refractivity contribution in [3.8, 4) is 0 Å². The van der Waals surface area contributed by atoms with E-state index in [-0.39, 0.29) is 0 Å². The van der Waals surface area contributed by atoms with Crippen molar-refractivity contribution >= 4 is 0 Å². The molecule has 3 fully saturated rings. The SMILES string of the molecule is NCC(c1ccccc1C1CC1)N1CC2CCCC2C1. The maximum Gasteiger partial charge on any atom is 0.0473 e. The molecule has 2 saturated carbocycles. The third kappa shape index (κ3) is 2.19. The standard InChI is InChI=1S/C18H26N2/c19-10-18(20-11-14-4-3-5-15(14)12-20)17-7-2-1-6-16(17)13-8-9-13/h1-2,6-7,13-15,18H,3-5,8-12,19H2. The van der Waals surface area contributed by atoms with Crippen molar-refractivity contribution in [2.45, 2.75) is 44.1 Å². The number of nitrogens with zero attached hydrogens (tertiary/aromatic N) is 1. The molecule has 2 N–H and O–H groups in total. The van der Waals surface area contributed by atoms with E-state index >= 15 is 0 Å². The van der Waals surface area contributed by atoms with Crippen LogP contribution in [0.15, 0.2) is 24.3 Å². The molecule has 20 heavy (non-hydrogen) atoms. The zero-order valence-corrected chi connectivity index (χ0v) is 12.3. The summed E-state index contributed by atoms with van der Waals surface area (Å²) in [5.74, 6) is 2.73. The second kappa shape index (κ2) is 5.16. The smallest absolute Gasteiger partial charge is 0.0473 e. The Morgan fingerprint density at radius 2 is 1.75 bits per heavy atom. The monoisotopic (exact) mass is 270 g/mol. The van der Waals surface area contributed by atoms with Gasteiger partial charge in [-0.15, -0.1) is 0 Å². The largest absolute Gasteiger partial charge is 0.329 e. The minimum absolute atomic E-state index is 0.456. The Hall–Kier alpha value is -0.860. The van der Waals surface area contributed by atoms with E-state index in [1.54, 1.807) is 5.56 Å². The van der Waals surface area contributed by atoms with Gasteiger partial charge in [-0.1, -0.05) is 30.7 Å². The van der Waals surface area contributed by atoms with Crippen LogP contribution in [0.25, 0.3) is 0 Å². The third-order valence-corrected chi connectivity index (χ3v) is 5.79. The fourth-order valence-corrected chi connectivity index (χ4v) is 4.58. The Kier molecular flexibility index (Phi) is 3.31. The summed E-state index contributed by atoms with van der Waals surface area (Å²) in [5.41, 5.74) is 9.29. The minimum Gasteiger partial charge on any atom is -0.329 e. The third-order valence-electron chi connectivity index (χ3n) is 5.79. The van der Waals surface area contributed by atoms with Gasteiger partial charge in [0, 0.05) is 25.7 Å². The molecular weight excluding hydrogens is 244 g/mol. The number of likely N-dealkylation sites (tertiary alicyclic amines) is 1. The van der Waals surface area contributed by atoms with Crippen LogP contribution in [0.3, 0.4) is 0 Å².